The van der Waals surface area contributed by atoms with Crippen molar-refractivity contribution in [3.05, 3.63) is 0 Å². The molecule has 1 rings (SSSR count). The van der Waals surface area contributed by atoms with Crippen LogP contribution in [-0.4, -0.2) is 38.1 Å². The number of carbonyl (C=O) groups is 2. The zero-order valence-corrected chi connectivity index (χ0v) is 8.50. The van der Waals surface area contributed by atoms with E-state index < -0.39 is 12.0 Å². The lowest BCUT2D eigenvalue weighted by molar-refractivity contribution is -0.144. The summed E-state index contributed by atoms with van der Waals surface area (Å²) in [7, 11) is 1.31. The van der Waals surface area contributed by atoms with E-state index in [0.717, 1.165) is 13.0 Å². The number of methoxy groups -OCH3 is 1. The van der Waals surface area contributed by atoms with Gasteiger partial charge in [0.05, 0.1) is 13.0 Å². The first-order valence-corrected chi connectivity index (χ1v) is 4.74. The summed E-state index contributed by atoms with van der Waals surface area (Å²) >= 11 is 0. The number of ether oxygens (including phenoxy) is 1. The molecule has 0 aromatic heterocycles. The third-order valence-corrected chi connectivity index (χ3v) is 2.34. The van der Waals surface area contributed by atoms with E-state index in [0.29, 0.717) is 6.54 Å². The third-order valence-electron chi connectivity index (χ3n) is 2.34. The highest BCUT2D eigenvalue weighted by atomic mass is 16.5. The molecule has 0 aliphatic carbocycles. The molecule has 1 amide bonds. The topological polar surface area (TPSA) is 67.4 Å². The molecule has 0 aromatic rings. The lowest BCUT2D eigenvalue weighted by Gasteiger charge is -2.14. The number of nitrogens with one attached hydrogen (secondary N) is 2. The highest BCUT2D eigenvalue weighted by Crippen LogP contribution is 2.07. The van der Waals surface area contributed by atoms with E-state index in [1.165, 1.54) is 7.11 Å². The standard InChI is InChI=1S/C9H16N2O3/c1-6(9(13)14-2)11-8(12)7-3-4-10-5-7/h6-7,10H,3-5H2,1-2H3,(H,11,12)/t6-,7+/m1/s1. The summed E-state index contributed by atoms with van der Waals surface area (Å²) in [6, 6.07) is -0.562. The molecule has 0 radical (unpaired) electrons. The van der Waals surface area contributed by atoms with Crippen molar-refractivity contribution in [2.45, 2.75) is 19.4 Å². The molecule has 14 heavy (non-hydrogen) atoms. The van der Waals surface area contributed by atoms with Crippen molar-refractivity contribution in [2.24, 2.45) is 5.92 Å². The number of rotatable bonds is 3. The minimum absolute atomic E-state index is 0.0119. The van der Waals surface area contributed by atoms with E-state index in [4.69, 9.17) is 0 Å². The van der Waals surface area contributed by atoms with Gasteiger partial charge in [-0.3, -0.25) is 4.79 Å². The first-order chi connectivity index (χ1) is 6.65. The summed E-state index contributed by atoms with van der Waals surface area (Å²) in [5, 5.41) is 5.71. The average molecular weight is 200 g/mol. The van der Waals surface area contributed by atoms with Crippen LogP contribution in [0.2, 0.25) is 0 Å². The van der Waals surface area contributed by atoms with Crippen molar-refractivity contribution in [1.29, 1.82) is 0 Å². The van der Waals surface area contributed by atoms with E-state index in [9.17, 15) is 9.59 Å². The first kappa shape index (κ1) is 11.0. The van der Waals surface area contributed by atoms with Crippen LogP contribution in [0.5, 0.6) is 0 Å². The van der Waals surface area contributed by atoms with E-state index >= 15 is 0 Å². The number of amides is 1. The van der Waals surface area contributed by atoms with Crippen molar-refractivity contribution in [2.75, 3.05) is 20.2 Å². The normalized spacial score (nSPS) is 22.9. The van der Waals surface area contributed by atoms with Crippen LogP contribution in [-0.2, 0) is 14.3 Å². The lowest BCUT2D eigenvalue weighted by Crippen LogP contribution is -2.42. The Bertz CT molecular complexity index is 224. The Morgan fingerprint density at radius 2 is 2.29 bits per heavy atom. The maximum absolute atomic E-state index is 11.5. The zero-order valence-electron chi connectivity index (χ0n) is 8.50. The van der Waals surface area contributed by atoms with Gasteiger partial charge in [0, 0.05) is 6.54 Å². The maximum Gasteiger partial charge on any atom is 0.328 e. The van der Waals surface area contributed by atoms with Crippen LogP contribution in [0, 0.1) is 5.92 Å². The third kappa shape index (κ3) is 2.70. The fourth-order valence-corrected chi connectivity index (χ4v) is 1.45. The predicted octanol–water partition coefficient (Wildman–Crippen LogP) is -0.726. The van der Waals surface area contributed by atoms with Gasteiger partial charge in [-0.1, -0.05) is 0 Å². The van der Waals surface area contributed by atoms with Gasteiger partial charge in [-0.2, -0.15) is 0 Å². The highest BCUT2D eigenvalue weighted by Gasteiger charge is 2.25. The van der Waals surface area contributed by atoms with Crippen molar-refractivity contribution in [3.8, 4) is 0 Å². The molecule has 80 valence electrons. The molecule has 0 unspecified atom stereocenters. The molecule has 5 nitrogen and oxygen atoms in total. The molecular weight excluding hydrogens is 184 g/mol. The molecule has 0 bridgehead atoms. The molecule has 1 heterocycles. The zero-order chi connectivity index (χ0) is 10.6. The fourth-order valence-electron chi connectivity index (χ4n) is 1.45. The summed E-state index contributed by atoms with van der Waals surface area (Å²) in [5.74, 6) is -0.501. The molecule has 0 spiro atoms. The summed E-state index contributed by atoms with van der Waals surface area (Å²) < 4.78 is 4.51. The Labute approximate surface area is 83.2 Å². The summed E-state index contributed by atoms with van der Waals surface area (Å²) in [6.45, 7) is 3.18. The Morgan fingerprint density at radius 1 is 1.57 bits per heavy atom. The Morgan fingerprint density at radius 3 is 2.79 bits per heavy atom. The van der Waals surface area contributed by atoms with Crippen LogP contribution in [0.3, 0.4) is 0 Å². The smallest absolute Gasteiger partial charge is 0.328 e. The van der Waals surface area contributed by atoms with Crippen molar-refractivity contribution >= 4 is 11.9 Å². The van der Waals surface area contributed by atoms with Gasteiger partial charge in [-0.15, -0.1) is 0 Å². The van der Waals surface area contributed by atoms with Crippen LogP contribution in [0.15, 0.2) is 0 Å². The van der Waals surface area contributed by atoms with Gasteiger partial charge in [-0.25, -0.2) is 4.79 Å². The average Bonchev–Trinajstić information content (AvgIpc) is 2.69. The second-order valence-electron chi connectivity index (χ2n) is 3.44. The van der Waals surface area contributed by atoms with E-state index in [2.05, 4.69) is 15.4 Å². The molecule has 5 heteroatoms. The summed E-state index contributed by atoms with van der Waals surface area (Å²) in [4.78, 5) is 22.5. The van der Waals surface area contributed by atoms with Crippen LogP contribution < -0.4 is 10.6 Å². The van der Waals surface area contributed by atoms with Crippen molar-refractivity contribution in [3.63, 3.8) is 0 Å². The number of hydrogen-bond acceptors (Lipinski definition) is 4. The molecule has 1 fully saturated rings. The molecule has 0 aromatic carbocycles. The second-order valence-corrected chi connectivity index (χ2v) is 3.44. The molecule has 1 saturated heterocycles. The van der Waals surface area contributed by atoms with Crippen molar-refractivity contribution in [1.82, 2.24) is 10.6 Å². The van der Waals surface area contributed by atoms with Gasteiger partial charge >= 0.3 is 5.97 Å². The van der Waals surface area contributed by atoms with Crippen LogP contribution >= 0.6 is 0 Å². The molecule has 2 N–H and O–H groups in total. The largest absolute Gasteiger partial charge is 0.467 e. The van der Waals surface area contributed by atoms with Gasteiger partial charge in [0.1, 0.15) is 6.04 Å². The van der Waals surface area contributed by atoms with Crippen LogP contribution in [0.25, 0.3) is 0 Å². The number of carbonyl (C=O) groups excluding carboxylic acids is 2. The Balaban J connectivity index is 2.35. The maximum atomic E-state index is 11.5. The first-order valence-electron chi connectivity index (χ1n) is 4.74. The van der Waals surface area contributed by atoms with E-state index in [-0.39, 0.29) is 11.8 Å². The Hall–Kier alpha value is -1.10. The van der Waals surface area contributed by atoms with Gasteiger partial charge < -0.3 is 15.4 Å². The monoisotopic (exact) mass is 200 g/mol. The molecule has 2 atom stereocenters. The summed E-state index contributed by atoms with van der Waals surface area (Å²) in [6.07, 6.45) is 0.833. The Kier molecular flexibility index (Phi) is 3.88. The van der Waals surface area contributed by atoms with Crippen LogP contribution in [0.4, 0.5) is 0 Å². The quantitative estimate of drug-likeness (QED) is 0.590. The molecular formula is C9H16N2O3. The van der Waals surface area contributed by atoms with Gasteiger partial charge in [0.15, 0.2) is 0 Å². The fraction of sp³-hybridized carbons (Fsp3) is 0.778. The second kappa shape index (κ2) is 4.95. The van der Waals surface area contributed by atoms with Gasteiger partial charge in [0.2, 0.25) is 5.91 Å². The van der Waals surface area contributed by atoms with Crippen LogP contribution in [0.1, 0.15) is 13.3 Å². The van der Waals surface area contributed by atoms with Crippen molar-refractivity contribution < 1.29 is 14.3 Å². The number of hydrogen-bond donors (Lipinski definition) is 2. The minimum Gasteiger partial charge on any atom is -0.467 e. The van der Waals surface area contributed by atoms with E-state index in [1.807, 2.05) is 0 Å². The molecule has 1 aliphatic heterocycles. The molecule has 0 saturated carbocycles. The summed E-state index contributed by atoms with van der Waals surface area (Å²) in [5.41, 5.74) is 0. The van der Waals surface area contributed by atoms with Gasteiger partial charge in [-0.05, 0) is 19.9 Å². The lowest BCUT2D eigenvalue weighted by atomic mass is 10.1. The highest BCUT2D eigenvalue weighted by molar-refractivity contribution is 5.85. The minimum atomic E-state index is -0.562. The van der Waals surface area contributed by atoms with E-state index in [1.54, 1.807) is 6.92 Å². The predicted molar refractivity (Wildman–Crippen MR) is 50.6 cm³/mol. The SMILES string of the molecule is COC(=O)[C@@H](C)NC(=O)[C@H]1CCNC1. The molecule has 1 aliphatic rings. The number of esters is 1. The van der Waals surface area contributed by atoms with Gasteiger partial charge in [0.25, 0.3) is 0 Å².